The van der Waals surface area contributed by atoms with E-state index < -0.39 is 0 Å². The molecule has 0 radical (unpaired) electrons. The molecule has 2 aromatic rings. The van der Waals surface area contributed by atoms with Crippen LogP contribution >= 0.6 is 0 Å². The second kappa shape index (κ2) is 8.29. The number of fused-ring (bicyclic) bond motifs is 2. The molecule has 0 unspecified atom stereocenters. The molecule has 1 saturated carbocycles. The number of aromatic amines is 1. The first kappa shape index (κ1) is 20.0. The molecular formula is C23H33N5O2. The number of carbonyl (C=O) groups is 1. The highest BCUT2D eigenvalue weighted by atomic mass is 16.5. The monoisotopic (exact) mass is 411 g/mol. The third kappa shape index (κ3) is 3.74. The predicted octanol–water partition coefficient (Wildman–Crippen LogP) is 1.97. The Morgan fingerprint density at radius 1 is 1.33 bits per heavy atom. The van der Waals surface area contributed by atoms with Gasteiger partial charge in [0.25, 0.3) is 0 Å². The van der Waals surface area contributed by atoms with Crippen LogP contribution in [0.3, 0.4) is 0 Å². The number of hydrogen-bond acceptors (Lipinski definition) is 5. The van der Waals surface area contributed by atoms with Gasteiger partial charge in [-0.1, -0.05) is 6.07 Å². The van der Waals surface area contributed by atoms with E-state index in [0.717, 1.165) is 81.9 Å². The Labute approximate surface area is 177 Å². The SMILES string of the molecule is Cc1ccc2nc(CNC(=O)[C@@]34CC[C@@H](N5CCOCC5)C[C@H]3CCNC4)[nH]c2c1. The second-order valence-corrected chi connectivity index (χ2v) is 9.28. The van der Waals surface area contributed by atoms with Crippen molar-refractivity contribution in [2.45, 2.75) is 45.2 Å². The summed E-state index contributed by atoms with van der Waals surface area (Å²) in [5.41, 5.74) is 2.89. The van der Waals surface area contributed by atoms with E-state index in [2.05, 4.69) is 44.6 Å². The van der Waals surface area contributed by atoms with Crippen LogP contribution in [-0.4, -0.2) is 66.2 Å². The van der Waals surface area contributed by atoms with Crippen LogP contribution in [0.1, 0.15) is 37.1 Å². The Kier molecular flexibility index (Phi) is 5.52. The van der Waals surface area contributed by atoms with Crippen LogP contribution in [0.5, 0.6) is 0 Å². The van der Waals surface area contributed by atoms with Crippen LogP contribution in [0.25, 0.3) is 11.0 Å². The molecule has 2 aliphatic heterocycles. The second-order valence-electron chi connectivity index (χ2n) is 9.28. The van der Waals surface area contributed by atoms with Gasteiger partial charge in [0.15, 0.2) is 0 Å². The van der Waals surface area contributed by atoms with Crippen molar-refractivity contribution in [3.63, 3.8) is 0 Å². The molecule has 1 aliphatic carbocycles. The zero-order chi connectivity index (χ0) is 20.6. The molecular weight excluding hydrogens is 378 g/mol. The van der Waals surface area contributed by atoms with Crippen molar-refractivity contribution in [1.82, 2.24) is 25.5 Å². The van der Waals surface area contributed by atoms with Crippen LogP contribution in [0.15, 0.2) is 18.2 Å². The number of imidazole rings is 1. The largest absolute Gasteiger partial charge is 0.379 e. The summed E-state index contributed by atoms with van der Waals surface area (Å²) >= 11 is 0. The quantitative estimate of drug-likeness (QED) is 0.717. The summed E-state index contributed by atoms with van der Waals surface area (Å²) in [6.07, 6.45) is 4.25. The number of nitrogens with one attached hydrogen (secondary N) is 3. The first-order chi connectivity index (χ1) is 14.6. The Balaban J connectivity index is 1.26. The number of aromatic nitrogens is 2. The van der Waals surface area contributed by atoms with Gasteiger partial charge in [-0.25, -0.2) is 4.98 Å². The Morgan fingerprint density at radius 2 is 2.20 bits per heavy atom. The summed E-state index contributed by atoms with van der Waals surface area (Å²) in [4.78, 5) is 24.0. The number of amides is 1. The van der Waals surface area contributed by atoms with E-state index in [1.165, 1.54) is 5.56 Å². The minimum atomic E-state index is -0.288. The van der Waals surface area contributed by atoms with E-state index in [1.54, 1.807) is 0 Å². The zero-order valence-electron chi connectivity index (χ0n) is 17.9. The van der Waals surface area contributed by atoms with E-state index in [0.29, 0.717) is 18.5 Å². The van der Waals surface area contributed by atoms with E-state index >= 15 is 0 Å². The highest BCUT2D eigenvalue weighted by Crippen LogP contribution is 2.46. The number of aryl methyl sites for hydroxylation is 1. The van der Waals surface area contributed by atoms with Gasteiger partial charge in [-0.2, -0.15) is 0 Å². The van der Waals surface area contributed by atoms with E-state index in [1.807, 2.05) is 6.07 Å². The average molecular weight is 412 g/mol. The molecule has 162 valence electrons. The van der Waals surface area contributed by atoms with Gasteiger partial charge < -0.3 is 20.4 Å². The number of benzene rings is 1. The van der Waals surface area contributed by atoms with Gasteiger partial charge in [-0.3, -0.25) is 9.69 Å². The van der Waals surface area contributed by atoms with Crippen molar-refractivity contribution in [1.29, 1.82) is 0 Å². The maximum Gasteiger partial charge on any atom is 0.228 e. The normalized spacial score (nSPS) is 30.2. The van der Waals surface area contributed by atoms with Crippen molar-refractivity contribution in [3.8, 4) is 0 Å². The van der Waals surface area contributed by atoms with Crippen LogP contribution in [0.4, 0.5) is 0 Å². The van der Waals surface area contributed by atoms with Crippen molar-refractivity contribution < 1.29 is 9.53 Å². The molecule has 5 rings (SSSR count). The van der Waals surface area contributed by atoms with Crippen LogP contribution in [-0.2, 0) is 16.1 Å². The Morgan fingerprint density at radius 3 is 3.07 bits per heavy atom. The smallest absolute Gasteiger partial charge is 0.228 e. The van der Waals surface area contributed by atoms with Gasteiger partial charge in [-0.15, -0.1) is 0 Å². The molecule has 1 aromatic carbocycles. The minimum Gasteiger partial charge on any atom is -0.379 e. The van der Waals surface area contributed by atoms with Gasteiger partial charge in [0.2, 0.25) is 5.91 Å². The van der Waals surface area contributed by atoms with Crippen molar-refractivity contribution in [2.24, 2.45) is 11.3 Å². The number of carbonyl (C=O) groups excluding carboxylic acids is 1. The molecule has 3 fully saturated rings. The zero-order valence-corrected chi connectivity index (χ0v) is 17.9. The summed E-state index contributed by atoms with van der Waals surface area (Å²) in [5, 5.41) is 6.73. The summed E-state index contributed by atoms with van der Waals surface area (Å²) < 4.78 is 5.53. The molecule has 7 heteroatoms. The number of ether oxygens (including phenoxy) is 1. The number of morpholine rings is 1. The van der Waals surface area contributed by atoms with Crippen LogP contribution in [0, 0.1) is 18.3 Å². The maximum absolute atomic E-state index is 13.5. The molecule has 1 aromatic heterocycles. The molecule has 3 atom stereocenters. The average Bonchev–Trinajstić information content (AvgIpc) is 3.19. The lowest BCUT2D eigenvalue weighted by atomic mass is 9.61. The van der Waals surface area contributed by atoms with E-state index in [9.17, 15) is 4.79 Å². The Bertz CT molecular complexity index is 906. The van der Waals surface area contributed by atoms with Gasteiger partial charge in [0.05, 0.1) is 36.2 Å². The van der Waals surface area contributed by atoms with Crippen LogP contribution < -0.4 is 10.6 Å². The summed E-state index contributed by atoms with van der Waals surface area (Å²) in [6.45, 7) is 8.06. The van der Waals surface area contributed by atoms with Gasteiger partial charge in [-0.05, 0) is 62.8 Å². The fraction of sp³-hybridized carbons (Fsp3) is 0.652. The number of rotatable bonds is 4. The highest BCUT2D eigenvalue weighted by Gasteiger charge is 2.50. The lowest BCUT2D eigenvalue weighted by molar-refractivity contribution is -0.140. The third-order valence-corrected chi connectivity index (χ3v) is 7.49. The number of H-pyrrole nitrogens is 1. The number of nitrogens with zero attached hydrogens (tertiary/aromatic N) is 2. The number of hydrogen-bond donors (Lipinski definition) is 3. The summed E-state index contributed by atoms with van der Waals surface area (Å²) in [6, 6.07) is 6.78. The highest BCUT2D eigenvalue weighted by molar-refractivity contribution is 5.83. The fourth-order valence-corrected chi connectivity index (χ4v) is 5.77. The van der Waals surface area contributed by atoms with Gasteiger partial charge in [0, 0.05) is 25.7 Å². The molecule has 3 aliphatic rings. The van der Waals surface area contributed by atoms with E-state index in [4.69, 9.17) is 4.74 Å². The fourth-order valence-electron chi connectivity index (χ4n) is 5.77. The Hall–Kier alpha value is -1.96. The summed E-state index contributed by atoms with van der Waals surface area (Å²) in [7, 11) is 0. The lowest BCUT2D eigenvalue weighted by Crippen LogP contribution is -2.60. The first-order valence-electron chi connectivity index (χ1n) is 11.4. The molecule has 0 bridgehead atoms. The van der Waals surface area contributed by atoms with Gasteiger partial charge in [0.1, 0.15) is 5.82 Å². The molecule has 0 spiro atoms. The maximum atomic E-state index is 13.5. The van der Waals surface area contributed by atoms with Crippen molar-refractivity contribution in [2.75, 3.05) is 39.4 Å². The molecule has 7 nitrogen and oxygen atoms in total. The summed E-state index contributed by atoms with van der Waals surface area (Å²) in [5.74, 6) is 1.46. The third-order valence-electron chi connectivity index (χ3n) is 7.49. The number of piperidine rings is 1. The van der Waals surface area contributed by atoms with Crippen LogP contribution in [0.2, 0.25) is 0 Å². The molecule has 1 amide bonds. The predicted molar refractivity (Wildman–Crippen MR) is 116 cm³/mol. The molecule has 3 N–H and O–H groups in total. The van der Waals surface area contributed by atoms with Crippen molar-refractivity contribution >= 4 is 16.9 Å². The minimum absolute atomic E-state index is 0.191. The van der Waals surface area contributed by atoms with Crippen molar-refractivity contribution in [3.05, 3.63) is 29.6 Å². The molecule has 30 heavy (non-hydrogen) atoms. The lowest BCUT2D eigenvalue weighted by Gasteiger charge is -2.50. The topological polar surface area (TPSA) is 82.3 Å². The molecule has 3 heterocycles. The van der Waals surface area contributed by atoms with Gasteiger partial charge >= 0.3 is 0 Å². The molecule has 2 saturated heterocycles. The first-order valence-corrected chi connectivity index (χ1v) is 11.4. The standard InChI is InChI=1S/C23H33N5O2/c1-16-2-3-19-20(12-16)27-21(26-19)14-25-22(29)23-6-4-18(28-8-10-30-11-9-28)13-17(23)5-7-24-15-23/h2-3,12,17-18,24H,4-11,13-15H2,1H3,(H,25,29)(H,26,27)/t17-,18-,23-/m1/s1. The van der Waals surface area contributed by atoms with E-state index in [-0.39, 0.29) is 11.3 Å².